The second-order valence-electron chi connectivity index (χ2n) is 7.46. The van der Waals surface area contributed by atoms with Gasteiger partial charge >= 0.3 is 6.18 Å². The van der Waals surface area contributed by atoms with Crippen molar-refractivity contribution in [2.75, 3.05) is 33.8 Å². The molecule has 10 heteroatoms. The third-order valence-electron chi connectivity index (χ3n) is 4.43. The van der Waals surface area contributed by atoms with Crippen LogP contribution in [0.2, 0.25) is 0 Å². The smallest absolute Gasteiger partial charge is 0.378 e. The highest BCUT2D eigenvalue weighted by atomic mass is 127. The van der Waals surface area contributed by atoms with Crippen LogP contribution in [0, 0.1) is 5.92 Å². The number of hydrogen-bond donors (Lipinski definition) is 2. The molecule has 0 fully saturated rings. The van der Waals surface area contributed by atoms with E-state index in [1.807, 2.05) is 6.92 Å². The SMILES string of the molecule is CCOC(CCNC(=NCc1cccc(C(F)(F)F)c1)NCC(=O)N(C)C)C(C)C.I. The first-order chi connectivity index (χ1) is 14.0. The van der Waals surface area contributed by atoms with E-state index in [2.05, 4.69) is 29.5 Å². The Balaban J connectivity index is 0.00000900. The molecule has 0 radical (unpaired) electrons. The minimum Gasteiger partial charge on any atom is -0.378 e. The van der Waals surface area contributed by atoms with E-state index in [1.165, 1.54) is 11.0 Å². The Bertz CT molecular complexity index is 697. The van der Waals surface area contributed by atoms with Gasteiger partial charge in [0, 0.05) is 27.2 Å². The van der Waals surface area contributed by atoms with E-state index in [0.29, 0.717) is 30.6 Å². The number of nitrogens with zero attached hydrogens (tertiary/aromatic N) is 2. The van der Waals surface area contributed by atoms with Crippen LogP contribution < -0.4 is 10.6 Å². The maximum absolute atomic E-state index is 12.9. The van der Waals surface area contributed by atoms with Crippen molar-refractivity contribution in [1.29, 1.82) is 0 Å². The van der Waals surface area contributed by atoms with E-state index in [9.17, 15) is 18.0 Å². The van der Waals surface area contributed by atoms with Crippen molar-refractivity contribution in [3.63, 3.8) is 0 Å². The summed E-state index contributed by atoms with van der Waals surface area (Å²) in [6.07, 6.45) is -3.59. The molecule has 1 aromatic rings. The molecule has 2 N–H and O–H groups in total. The molecule has 0 saturated heterocycles. The van der Waals surface area contributed by atoms with Gasteiger partial charge in [-0.15, -0.1) is 24.0 Å². The summed E-state index contributed by atoms with van der Waals surface area (Å²) in [5, 5.41) is 6.07. The van der Waals surface area contributed by atoms with Gasteiger partial charge in [0.1, 0.15) is 0 Å². The van der Waals surface area contributed by atoms with E-state index in [1.54, 1.807) is 20.2 Å². The fourth-order valence-corrected chi connectivity index (χ4v) is 2.66. The van der Waals surface area contributed by atoms with Crippen LogP contribution in [0.15, 0.2) is 29.3 Å². The molecule has 0 saturated carbocycles. The lowest BCUT2D eigenvalue weighted by Gasteiger charge is -2.22. The molecular weight excluding hydrogens is 524 g/mol. The lowest BCUT2D eigenvalue weighted by Crippen LogP contribution is -2.44. The first-order valence-corrected chi connectivity index (χ1v) is 10.0. The van der Waals surface area contributed by atoms with Crippen molar-refractivity contribution in [1.82, 2.24) is 15.5 Å². The Morgan fingerprint density at radius 2 is 1.90 bits per heavy atom. The lowest BCUT2D eigenvalue weighted by atomic mass is 10.0. The Hall–Kier alpha value is -1.56. The molecule has 1 amide bonds. The van der Waals surface area contributed by atoms with Crippen LogP contribution in [0.4, 0.5) is 13.2 Å². The van der Waals surface area contributed by atoms with Crippen LogP contribution in [-0.4, -0.2) is 56.7 Å². The van der Waals surface area contributed by atoms with E-state index in [-0.39, 0.29) is 49.1 Å². The molecule has 31 heavy (non-hydrogen) atoms. The Morgan fingerprint density at radius 1 is 1.23 bits per heavy atom. The third-order valence-corrected chi connectivity index (χ3v) is 4.43. The minimum atomic E-state index is -4.40. The second kappa shape index (κ2) is 14.5. The van der Waals surface area contributed by atoms with Crippen molar-refractivity contribution in [2.24, 2.45) is 10.9 Å². The molecule has 178 valence electrons. The first kappa shape index (κ1) is 29.4. The minimum absolute atomic E-state index is 0. The van der Waals surface area contributed by atoms with E-state index >= 15 is 0 Å². The number of nitrogens with one attached hydrogen (secondary N) is 2. The average molecular weight is 558 g/mol. The maximum atomic E-state index is 12.9. The number of aliphatic imine (C=N–C) groups is 1. The molecule has 0 aliphatic rings. The van der Waals surface area contributed by atoms with Gasteiger partial charge in [-0.3, -0.25) is 4.79 Å². The van der Waals surface area contributed by atoms with Crippen LogP contribution in [0.25, 0.3) is 0 Å². The molecule has 1 aromatic carbocycles. The monoisotopic (exact) mass is 558 g/mol. The molecule has 0 aliphatic carbocycles. The second-order valence-corrected chi connectivity index (χ2v) is 7.46. The number of guanidine groups is 1. The molecule has 0 spiro atoms. The number of benzene rings is 1. The van der Waals surface area contributed by atoms with Gasteiger partial charge in [0.05, 0.1) is 24.8 Å². The molecule has 0 aromatic heterocycles. The highest BCUT2D eigenvalue weighted by Crippen LogP contribution is 2.29. The predicted molar refractivity (Wildman–Crippen MR) is 128 cm³/mol. The summed E-state index contributed by atoms with van der Waals surface area (Å²) in [7, 11) is 3.29. The van der Waals surface area contributed by atoms with E-state index in [0.717, 1.165) is 18.6 Å². The summed E-state index contributed by atoms with van der Waals surface area (Å²) in [5.41, 5.74) is -0.281. The van der Waals surface area contributed by atoms with Gasteiger partial charge in [0.15, 0.2) is 5.96 Å². The first-order valence-electron chi connectivity index (χ1n) is 10.0. The summed E-state index contributed by atoms with van der Waals surface area (Å²) >= 11 is 0. The van der Waals surface area contributed by atoms with Crippen molar-refractivity contribution in [2.45, 2.75) is 46.0 Å². The van der Waals surface area contributed by atoms with Gasteiger partial charge in [0.2, 0.25) is 5.91 Å². The van der Waals surface area contributed by atoms with Gasteiger partial charge in [-0.2, -0.15) is 13.2 Å². The number of carbonyl (C=O) groups excluding carboxylic acids is 1. The third kappa shape index (κ3) is 11.6. The fraction of sp³-hybridized carbons (Fsp3) is 0.619. The van der Waals surface area contributed by atoms with Crippen molar-refractivity contribution in [3.8, 4) is 0 Å². The van der Waals surface area contributed by atoms with Crippen LogP contribution in [0.1, 0.15) is 38.3 Å². The average Bonchev–Trinajstić information content (AvgIpc) is 2.67. The summed E-state index contributed by atoms with van der Waals surface area (Å²) in [6, 6.07) is 5.06. The Labute approximate surface area is 200 Å². The highest BCUT2D eigenvalue weighted by Gasteiger charge is 2.30. The Kier molecular flexibility index (Phi) is 13.8. The normalized spacial score (nSPS) is 12.9. The van der Waals surface area contributed by atoms with Gasteiger partial charge in [-0.25, -0.2) is 4.99 Å². The number of carbonyl (C=O) groups is 1. The number of hydrogen-bond acceptors (Lipinski definition) is 3. The molecule has 0 heterocycles. The fourth-order valence-electron chi connectivity index (χ4n) is 2.66. The summed E-state index contributed by atoms with van der Waals surface area (Å²) in [5.74, 6) is 0.570. The number of halogens is 4. The van der Waals surface area contributed by atoms with Crippen LogP contribution in [0.5, 0.6) is 0 Å². The van der Waals surface area contributed by atoms with Crippen molar-refractivity contribution in [3.05, 3.63) is 35.4 Å². The van der Waals surface area contributed by atoms with Gasteiger partial charge in [-0.05, 0) is 37.0 Å². The highest BCUT2D eigenvalue weighted by molar-refractivity contribution is 14.0. The van der Waals surface area contributed by atoms with Gasteiger partial charge < -0.3 is 20.3 Å². The van der Waals surface area contributed by atoms with Gasteiger partial charge in [0.25, 0.3) is 0 Å². The Morgan fingerprint density at radius 3 is 2.45 bits per heavy atom. The number of rotatable bonds is 10. The number of likely N-dealkylation sites (N-methyl/N-ethyl adjacent to an activating group) is 1. The summed E-state index contributed by atoms with van der Waals surface area (Å²) in [6.45, 7) is 7.35. The summed E-state index contributed by atoms with van der Waals surface area (Å²) < 4.78 is 44.4. The number of ether oxygens (including phenoxy) is 1. The number of amides is 1. The molecule has 1 unspecified atom stereocenters. The lowest BCUT2D eigenvalue weighted by molar-refractivity contribution is -0.137. The standard InChI is InChI=1S/C21H33F3N4O2.HI/c1-6-30-18(15(2)3)10-11-25-20(27-14-19(29)28(4)5)26-13-16-8-7-9-17(12-16)21(22,23)24;/h7-9,12,15,18H,6,10-11,13-14H2,1-5H3,(H2,25,26,27);1H. The van der Waals surface area contributed by atoms with Crippen molar-refractivity contribution < 1.29 is 22.7 Å². The zero-order chi connectivity index (χ0) is 22.7. The van der Waals surface area contributed by atoms with Crippen LogP contribution >= 0.6 is 24.0 Å². The largest absolute Gasteiger partial charge is 0.416 e. The molecule has 1 rings (SSSR count). The van der Waals surface area contributed by atoms with E-state index < -0.39 is 11.7 Å². The zero-order valence-corrected chi connectivity index (χ0v) is 21.1. The molecular formula is C21H34F3IN4O2. The molecule has 1 atom stereocenters. The summed E-state index contributed by atoms with van der Waals surface area (Å²) in [4.78, 5) is 17.7. The number of alkyl halides is 3. The van der Waals surface area contributed by atoms with Crippen molar-refractivity contribution >= 4 is 35.8 Å². The van der Waals surface area contributed by atoms with E-state index in [4.69, 9.17) is 4.74 Å². The molecule has 6 nitrogen and oxygen atoms in total. The predicted octanol–water partition coefficient (Wildman–Crippen LogP) is 3.90. The van der Waals surface area contributed by atoms with Gasteiger partial charge in [-0.1, -0.05) is 26.0 Å². The molecule has 0 bridgehead atoms. The zero-order valence-electron chi connectivity index (χ0n) is 18.8. The van der Waals surface area contributed by atoms with Crippen LogP contribution in [-0.2, 0) is 22.3 Å². The topological polar surface area (TPSA) is 66.0 Å². The quantitative estimate of drug-likeness (QED) is 0.260. The maximum Gasteiger partial charge on any atom is 0.416 e. The van der Waals surface area contributed by atoms with Crippen LogP contribution in [0.3, 0.4) is 0 Å². The molecule has 0 aliphatic heterocycles.